The molecule has 0 radical (unpaired) electrons. The van der Waals surface area contributed by atoms with Gasteiger partial charge in [-0.1, -0.05) is 23.3 Å². The molecule has 0 fully saturated rings. The molecule has 1 amide bonds. The Morgan fingerprint density at radius 1 is 1.08 bits per heavy atom. The first-order chi connectivity index (χ1) is 11.6. The van der Waals surface area contributed by atoms with Gasteiger partial charge in [-0.15, -0.1) is 22.7 Å². The van der Waals surface area contributed by atoms with Gasteiger partial charge in [-0.2, -0.15) is 0 Å². The average molecular weight is 354 g/mol. The van der Waals surface area contributed by atoms with E-state index in [9.17, 15) is 4.79 Å². The van der Waals surface area contributed by atoms with Gasteiger partial charge < -0.3 is 4.90 Å². The van der Waals surface area contributed by atoms with Crippen LogP contribution in [-0.2, 0) is 6.42 Å². The SMILES string of the molecule is Cc1cc(C)cc(C(=O)N2CCc3sccc3C2c2cccs2)c1. The predicted molar refractivity (Wildman–Crippen MR) is 101 cm³/mol. The molecule has 1 atom stereocenters. The number of carbonyl (C=O) groups excluding carboxylic acids is 1. The monoisotopic (exact) mass is 353 g/mol. The molecule has 1 aromatic carbocycles. The summed E-state index contributed by atoms with van der Waals surface area (Å²) >= 11 is 3.54. The molecule has 24 heavy (non-hydrogen) atoms. The number of hydrogen-bond donors (Lipinski definition) is 0. The Balaban J connectivity index is 1.77. The van der Waals surface area contributed by atoms with Crippen LogP contribution < -0.4 is 0 Å². The molecule has 2 nitrogen and oxygen atoms in total. The molecule has 1 aliphatic rings. The lowest BCUT2D eigenvalue weighted by Gasteiger charge is -2.35. The summed E-state index contributed by atoms with van der Waals surface area (Å²) in [4.78, 5) is 18.0. The Kier molecular flexibility index (Phi) is 4.02. The number of nitrogens with zero attached hydrogens (tertiary/aromatic N) is 1. The molecule has 1 aliphatic heterocycles. The van der Waals surface area contributed by atoms with Crippen LogP contribution in [0.2, 0.25) is 0 Å². The summed E-state index contributed by atoms with van der Waals surface area (Å²) in [6, 6.07) is 12.6. The minimum absolute atomic E-state index is 0.0494. The third-order valence-corrected chi connectivity index (χ3v) is 6.43. The number of amides is 1. The lowest BCUT2D eigenvalue weighted by atomic mass is 9.97. The molecule has 0 saturated heterocycles. The van der Waals surface area contributed by atoms with Crippen molar-refractivity contribution in [1.29, 1.82) is 0 Å². The van der Waals surface area contributed by atoms with E-state index in [-0.39, 0.29) is 11.9 Å². The Hall–Kier alpha value is -1.91. The highest BCUT2D eigenvalue weighted by Crippen LogP contribution is 2.40. The molecule has 122 valence electrons. The minimum atomic E-state index is 0.0494. The summed E-state index contributed by atoms with van der Waals surface area (Å²) in [5.41, 5.74) is 4.37. The maximum Gasteiger partial charge on any atom is 0.254 e. The molecule has 0 spiro atoms. The quantitative estimate of drug-likeness (QED) is 0.619. The first-order valence-electron chi connectivity index (χ1n) is 8.12. The number of rotatable bonds is 2. The topological polar surface area (TPSA) is 20.3 Å². The highest BCUT2D eigenvalue weighted by molar-refractivity contribution is 7.10. The summed E-state index contributed by atoms with van der Waals surface area (Å²) in [5, 5.41) is 4.24. The van der Waals surface area contributed by atoms with E-state index in [1.165, 1.54) is 15.3 Å². The highest BCUT2D eigenvalue weighted by Gasteiger charge is 2.33. The van der Waals surface area contributed by atoms with Crippen molar-refractivity contribution in [2.45, 2.75) is 26.3 Å². The lowest BCUT2D eigenvalue weighted by Crippen LogP contribution is -2.39. The van der Waals surface area contributed by atoms with Crippen molar-refractivity contribution in [3.8, 4) is 0 Å². The van der Waals surface area contributed by atoms with Crippen LogP contribution in [0, 0.1) is 13.8 Å². The zero-order valence-electron chi connectivity index (χ0n) is 13.8. The van der Waals surface area contributed by atoms with Crippen LogP contribution in [0.5, 0.6) is 0 Å². The molecule has 3 aromatic rings. The van der Waals surface area contributed by atoms with Crippen LogP contribution in [-0.4, -0.2) is 17.4 Å². The van der Waals surface area contributed by atoms with Gasteiger partial charge in [0.1, 0.15) is 0 Å². The first-order valence-corrected chi connectivity index (χ1v) is 9.88. The Morgan fingerprint density at radius 3 is 2.58 bits per heavy atom. The standard InChI is InChI=1S/C20H19NOS2/c1-13-10-14(2)12-15(11-13)20(22)21-7-5-17-16(6-9-24-17)19(21)18-4-3-8-23-18/h3-4,6,8-12,19H,5,7H2,1-2H3. The van der Waals surface area contributed by atoms with Crippen molar-refractivity contribution in [3.05, 3.63) is 79.2 Å². The zero-order valence-corrected chi connectivity index (χ0v) is 15.4. The predicted octanol–water partition coefficient (Wildman–Crippen LogP) is 5.21. The van der Waals surface area contributed by atoms with Gasteiger partial charge in [0, 0.05) is 21.9 Å². The van der Waals surface area contributed by atoms with E-state index in [0.29, 0.717) is 0 Å². The van der Waals surface area contributed by atoms with Gasteiger partial charge in [0.05, 0.1) is 6.04 Å². The molecule has 0 saturated carbocycles. The van der Waals surface area contributed by atoms with Crippen molar-refractivity contribution in [3.63, 3.8) is 0 Å². The largest absolute Gasteiger partial charge is 0.326 e. The second-order valence-electron chi connectivity index (χ2n) is 6.34. The highest BCUT2D eigenvalue weighted by atomic mass is 32.1. The molecular formula is C20H19NOS2. The third kappa shape index (κ3) is 2.70. The van der Waals surface area contributed by atoms with Gasteiger partial charge in [-0.25, -0.2) is 0 Å². The van der Waals surface area contributed by atoms with E-state index in [1.54, 1.807) is 11.3 Å². The van der Waals surface area contributed by atoms with E-state index in [4.69, 9.17) is 0 Å². The van der Waals surface area contributed by atoms with Crippen LogP contribution in [0.25, 0.3) is 0 Å². The van der Waals surface area contributed by atoms with Crippen LogP contribution in [0.15, 0.2) is 47.2 Å². The molecule has 3 heterocycles. The number of aryl methyl sites for hydroxylation is 2. The molecular weight excluding hydrogens is 334 g/mol. The number of carbonyl (C=O) groups is 1. The number of thiophene rings is 2. The van der Waals surface area contributed by atoms with Crippen LogP contribution in [0.3, 0.4) is 0 Å². The number of fused-ring (bicyclic) bond motifs is 1. The van der Waals surface area contributed by atoms with E-state index >= 15 is 0 Å². The van der Waals surface area contributed by atoms with Crippen LogP contribution in [0.1, 0.15) is 42.8 Å². The maximum atomic E-state index is 13.3. The average Bonchev–Trinajstić information content (AvgIpc) is 3.23. The summed E-state index contributed by atoms with van der Waals surface area (Å²) < 4.78 is 0. The molecule has 2 aromatic heterocycles. The normalized spacial score (nSPS) is 16.9. The first kappa shape index (κ1) is 15.6. The van der Waals surface area contributed by atoms with Crippen molar-refractivity contribution < 1.29 is 4.79 Å². The minimum Gasteiger partial charge on any atom is -0.326 e. The maximum absolute atomic E-state index is 13.3. The Labute approximate surface area is 150 Å². The van der Waals surface area contributed by atoms with Crippen molar-refractivity contribution in [2.75, 3.05) is 6.54 Å². The van der Waals surface area contributed by atoms with Gasteiger partial charge >= 0.3 is 0 Å². The van der Waals surface area contributed by atoms with Gasteiger partial charge in [0.25, 0.3) is 5.91 Å². The van der Waals surface area contributed by atoms with E-state index in [1.807, 2.05) is 37.3 Å². The number of hydrogen-bond acceptors (Lipinski definition) is 3. The second kappa shape index (κ2) is 6.19. The molecule has 0 N–H and O–H groups in total. The fourth-order valence-electron chi connectivity index (χ4n) is 3.55. The third-order valence-electron chi connectivity index (χ3n) is 4.51. The van der Waals surface area contributed by atoms with Gasteiger partial charge in [0.2, 0.25) is 0 Å². The van der Waals surface area contributed by atoms with Gasteiger partial charge in [-0.05, 0) is 60.9 Å². The van der Waals surface area contributed by atoms with Gasteiger partial charge in [0.15, 0.2) is 0 Å². The summed E-state index contributed by atoms with van der Waals surface area (Å²) in [6.07, 6.45) is 0.950. The van der Waals surface area contributed by atoms with Crippen molar-refractivity contribution in [2.24, 2.45) is 0 Å². The molecule has 0 aliphatic carbocycles. The van der Waals surface area contributed by atoms with E-state index in [2.05, 4.69) is 39.9 Å². The van der Waals surface area contributed by atoms with E-state index in [0.717, 1.165) is 29.7 Å². The molecule has 4 rings (SSSR count). The Morgan fingerprint density at radius 2 is 1.88 bits per heavy atom. The van der Waals surface area contributed by atoms with Gasteiger partial charge in [-0.3, -0.25) is 4.79 Å². The number of benzene rings is 1. The zero-order chi connectivity index (χ0) is 16.7. The molecule has 0 bridgehead atoms. The fraction of sp³-hybridized carbons (Fsp3) is 0.250. The smallest absolute Gasteiger partial charge is 0.254 e. The fourth-order valence-corrected chi connectivity index (χ4v) is 5.31. The summed E-state index contributed by atoms with van der Waals surface area (Å²) in [5.74, 6) is 0.136. The summed E-state index contributed by atoms with van der Waals surface area (Å²) in [7, 11) is 0. The van der Waals surface area contributed by atoms with Crippen molar-refractivity contribution in [1.82, 2.24) is 4.90 Å². The van der Waals surface area contributed by atoms with Crippen LogP contribution >= 0.6 is 22.7 Å². The Bertz CT molecular complexity index is 859. The summed E-state index contributed by atoms with van der Waals surface area (Å²) in [6.45, 7) is 4.88. The molecule has 4 heteroatoms. The lowest BCUT2D eigenvalue weighted by molar-refractivity contribution is 0.0698. The van der Waals surface area contributed by atoms with E-state index < -0.39 is 0 Å². The molecule has 1 unspecified atom stereocenters. The van der Waals surface area contributed by atoms with Crippen molar-refractivity contribution >= 4 is 28.6 Å². The van der Waals surface area contributed by atoms with Crippen LogP contribution in [0.4, 0.5) is 0 Å². The second-order valence-corrected chi connectivity index (χ2v) is 8.32.